The summed E-state index contributed by atoms with van der Waals surface area (Å²) < 4.78 is 10.0. The quantitative estimate of drug-likeness (QED) is 0.388. The maximum atomic E-state index is 12.5. The normalized spacial score (nSPS) is 10.2. The van der Waals surface area contributed by atoms with E-state index >= 15 is 0 Å². The van der Waals surface area contributed by atoms with E-state index in [1.54, 1.807) is 60.5 Å². The highest BCUT2D eigenvalue weighted by molar-refractivity contribution is 5.98. The predicted octanol–water partition coefficient (Wildman–Crippen LogP) is 2.38. The van der Waals surface area contributed by atoms with Gasteiger partial charge in [-0.2, -0.15) is 0 Å². The number of carbonyl (C=O) groups excluding carboxylic acids is 2. The van der Waals surface area contributed by atoms with Crippen molar-refractivity contribution in [1.29, 1.82) is 0 Å². The minimum atomic E-state index is -0.488. The number of para-hydroxylation sites is 2. The minimum absolute atomic E-state index is 0.171. The first-order valence-corrected chi connectivity index (χ1v) is 9.18. The van der Waals surface area contributed by atoms with Gasteiger partial charge in [0.15, 0.2) is 11.6 Å². The second-order valence-electron chi connectivity index (χ2n) is 6.31. The van der Waals surface area contributed by atoms with Crippen LogP contribution in [0.5, 0.6) is 5.75 Å². The molecule has 4 N–H and O–H groups in total. The van der Waals surface area contributed by atoms with E-state index in [1.807, 2.05) is 0 Å². The van der Waals surface area contributed by atoms with Crippen LogP contribution in [0.1, 0.15) is 20.7 Å². The number of nitrogens with zero attached hydrogens (tertiary/aromatic N) is 3. The molecule has 0 unspecified atom stereocenters. The van der Waals surface area contributed by atoms with Crippen LogP contribution in [-0.2, 0) is 4.74 Å². The fourth-order valence-electron chi connectivity index (χ4n) is 2.93. The van der Waals surface area contributed by atoms with Crippen molar-refractivity contribution < 1.29 is 19.1 Å². The van der Waals surface area contributed by atoms with Crippen molar-refractivity contribution in [2.75, 3.05) is 37.3 Å². The number of nitrogens with one attached hydrogen (secondary N) is 2. The second-order valence-corrected chi connectivity index (χ2v) is 6.31. The summed E-state index contributed by atoms with van der Waals surface area (Å²) in [7, 11) is 4.50. The van der Waals surface area contributed by atoms with Gasteiger partial charge in [0.25, 0.3) is 5.91 Å². The zero-order valence-electron chi connectivity index (χ0n) is 17.2. The van der Waals surface area contributed by atoms with Crippen LogP contribution in [0.4, 0.5) is 23.0 Å². The van der Waals surface area contributed by atoms with Crippen molar-refractivity contribution in [3.63, 3.8) is 0 Å². The monoisotopic (exact) mass is 422 g/mol. The fraction of sp³-hybridized carbons (Fsp3) is 0.143. The van der Waals surface area contributed by atoms with E-state index in [2.05, 4.69) is 20.8 Å². The van der Waals surface area contributed by atoms with Gasteiger partial charge in [-0.25, -0.2) is 14.8 Å². The van der Waals surface area contributed by atoms with E-state index in [9.17, 15) is 9.59 Å². The molecule has 1 amide bonds. The SMILES string of the molecule is COC(=O)c1ccccc1N(C)c1ncnc(NNC(=O)c2ccccc2OC)c1N. The molecule has 1 heterocycles. The number of hydrogen-bond donors (Lipinski definition) is 3. The molecule has 1 aromatic heterocycles. The number of methoxy groups -OCH3 is 2. The minimum Gasteiger partial charge on any atom is -0.496 e. The lowest BCUT2D eigenvalue weighted by molar-refractivity contribution is 0.0601. The number of esters is 1. The van der Waals surface area contributed by atoms with Crippen molar-refractivity contribution in [2.45, 2.75) is 0 Å². The number of amides is 1. The summed E-state index contributed by atoms with van der Waals surface area (Å²) in [5, 5.41) is 0. The molecule has 10 nitrogen and oxygen atoms in total. The first kappa shape index (κ1) is 21.4. The number of nitrogen functional groups attached to an aromatic ring is 1. The molecule has 10 heteroatoms. The average molecular weight is 422 g/mol. The van der Waals surface area contributed by atoms with Gasteiger partial charge >= 0.3 is 5.97 Å². The van der Waals surface area contributed by atoms with E-state index in [-0.39, 0.29) is 11.5 Å². The lowest BCUT2D eigenvalue weighted by Crippen LogP contribution is -2.31. The molecule has 0 radical (unpaired) electrons. The molecule has 0 saturated heterocycles. The van der Waals surface area contributed by atoms with Gasteiger partial charge in [0.2, 0.25) is 0 Å². The van der Waals surface area contributed by atoms with Crippen LogP contribution in [0.25, 0.3) is 0 Å². The summed E-state index contributed by atoms with van der Waals surface area (Å²) >= 11 is 0. The van der Waals surface area contributed by atoms with Gasteiger partial charge in [0.1, 0.15) is 17.8 Å². The van der Waals surface area contributed by atoms with Crippen molar-refractivity contribution in [1.82, 2.24) is 15.4 Å². The number of nitrogens with two attached hydrogens (primary N) is 1. The number of hydrogen-bond acceptors (Lipinski definition) is 9. The number of anilines is 4. The third kappa shape index (κ3) is 4.47. The molecule has 3 aromatic rings. The molecular weight excluding hydrogens is 400 g/mol. The molecule has 0 aliphatic heterocycles. The predicted molar refractivity (Wildman–Crippen MR) is 116 cm³/mol. The summed E-state index contributed by atoms with van der Waals surface area (Å²) in [6.07, 6.45) is 1.29. The van der Waals surface area contributed by atoms with Crippen LogP contribution >= 0.6 is 0 Å². The van der Waals surface area contributed by atoms with E-state index < -0.39 is 11.9 Å². The van der Waals surface area contributed by atoms with Crippen molar-refractivity contribution in [2.24, 2.45) is 0 Å². The number of hydrazine groups is 1. The Balaban J connectivity index is 1.84. The van der Waals surface area contributed by atoms with Crippen LogP contribution in [-0.4, -0.2) is 43.1 Å². The summed E-state index contributed by atoms with van der Waals surface area (Å²) in [6, 6.07) is 13.7. The number of benzene rings is 2. The summed E-state index contributed by atoms with van der Waals surface area (Å²) in [5.41, 5.74) is 12.9. The summed E-state index contributed by atoms with van der Waals surface area (Å²) in [5.74, 6) is 0.0345. The molecule has 2 aromatic carbocycles. The molecule has 0 bridgehead atoms. The number of carbonyl (C=O) groups is 2. The van der Waals surface area contributed by atoms with Crippen LogP contribution in [0, 0.1) is 0 Å². The van der Waals surface area contributed by atoms with E-state index in [1.165, 1.54) is 20.5 Å². The van der Waals surface area contributed by atoms with Crippen LogP contribution in [0.2, 0.25) is 0 Å². The topological polar surface area (TPSA) is 132 Å². The standard InChI is InChI=1S/C21H22N6O4/c1-27(15-10-6-4-8-13(15)21(29)31-3)19-17(22)18(23-12-24-19)25-26-20(28)14-9-5-7-11-16(14)30-2/h4-12H,22H2,1-3H3,(H,26,28)(H,23,24,25). The van der Waals surface area contributed by atoms with Crippen molar-refractivity contribution in [3.8, 4) is 5.75 Å². The molecule has 0 spiro atoms. The van der Waals surface area contributed by atoms with Crippen LogP contribution < -0.4 is 26.2 Å². The molecule has 0 aliphatic carbocycles. The van der Waals surface area contributed by atoms with Crippen molar-refractivity contribution >= 4 is 34.9 Å². The molecule has 0 atom stereocenters. The van der Waals surface area contributed by atoms with Gasteiger partial charge < -0.3 is 20.1 Å². The Morgan fingerprint density at radius 2 is 1.68 bits per heavy atom. The first-order chi connectivity index (χ1) is 15.0. The molecule has 0 fully saturated rings. The average Bonchev–Trinajstić information content (AvgIpc) is 2.82. The van der Waals surface area contributed by atoms with Gasteiger partial charge in [0, 0.05) is 7.05 Å². The van der Waals surface area contributed by atoms with Gasteiger partial charge in [-0.05, 0) is 24.3 Å². The van der Waals surface area contributed by atoms with E-state index in [0.29, 0.717) is 28.4 Å². The highest BCUT2D eigenvalue weighted by Crippen LogP contribution is 2.32. The first-order valence-electron chi connectivity index (χ1n) is 9.18. The maximum absolute atomic E-state index is 12.5. The molecule has 3 rings (SSSR count). The van der Waals surface area contributed by atoms with Crippen LogP contribution in [0.15, 0.2) is 54.9 Å². The molecule has 0 saturated carbocycles. The maximum Gasteiger partial charge on any atom is 0.339 e. The third-order valence-corrected chi connectivity index (χ3v) is 4.50. The summed E-state index contributed by atoms with van der Waals surface area (Å²) in [6.45, 7) is 0. The Bertz CT molecular complexity index is 1100. The van der Waals surface area contributed by atoms with Gasteiger partial charge in [-0.15, -0.1) is 0 Å². The van der Waals surface area contributed by atoms with Gasteiger partial charge in [0.05, 0.1) is 31.0 Å². The van der Waals surface area contributed by atoms with Crippen molar-refractivity contribution in [3.05, 3.63) is 66.0 Å². The largest absolute Gasteiger partial charge is 0.496 e. The Hall–Kier alpha value is -4.34. The molecular formula is C21H22N6O4. The number of aromatic nitrogens is 2. The molecule has 31 heavy (non-hydrogen) atoms. The zero-order chi connectivity index (χ0) is 22.4. The number of rotatable bonds is 7. The van der Waals surface area contributed by atoms with E-state index in [0.717, 1.165) is 0 Å². The molecule has 0 aliphatic rings. The highest BCUT2D eigenvalue weighted by Gasteiger charge is 2.20. The lowest BCUT2D eigenvalue weighted by atomic mass is 10.1. The Kier molecular flexibility index (Phi) is 6.51. The number of ether oxygens (including phenoxy) is 2. The smallest absolute Gasteiger partial charge is 0.339 e. The van der Waals surface area contributed by atoms with E-state index in [4.69, 9.17) is 15.2 Å². The highest BCUT2D eigenvalue weighted by atomic mass is 16.5. The molecule has 160 valence electrons. The zero-order valence-corrected chi connectivity index (χ0v) is 17.2. The Morgan fingerprint density at radius 3 is 2.39 bits per heavy atom. The lowest BCUT2D eigenvalue weighted by Gasteiger charge is -2.23. The van der Waals surface area contributed by atoms with Gasteiger partial charge in [-0.3, -0.25) is 15.6 Å². The third-order valence-electron chi connectivity index (χ3n) is 4.50. The summed E-state index contributed by atoms with van der Waals surface area (Å²) in [4.78, 5) is 34.5. The van der Waals surface area contributed by atoms with Gasteiger partial charge in [-0.1, -0.05) is 24.3 Å². The Labute approximate surface area is 179 Å². The fourth-order valence-corrected chi connectivity index (χ4v) is 2.93. The Morgan fingerprint density at radius 1 is 1.00 bits per heavy atom. The van der Waals surface area contributed by atoms with Crippen LogP contribution in [0.3, 0.4) is 0 Å². The second kappa shape index (κ2) is 9.44.